The van der Waals surface area contributed by atoms with Crippen molar-refractivity contribution in [2.24, 2.45) is 0 Å². The number of hydrogen-bond acceptors (Lipinski definition) is 4. The van der Waals surface area contributed by atoms with Gasteiger partial charge in [-0.25, -0.2) is 14.8 Å². The first-order chi connectivity index (χ1) is 8.66. The van der Waals surface area contributed by atoms with Crippen LogP contribution in [-0.4, -0.2) is 32.2 Å². The molecule has 0 fully saturated rings. The number of nitrogens with zero attached hydrogens (tertiary/aromatic N) is 3. The van der Waals surface area contributed by atoms with Gasteiger partial charge in [-0.05, 0) is 12.1 Å². The monoisotopic (exact) mass is 266 g/mol. The van der Waals surface area contributed by atoms with Crippen molar-refractivity contribution in [2.75, 3.05) is 11.9 Å². The normalized spacial score (nSPS) is 10.3. The Bertz CT molecular complexity index is 542. The number of hydrogen-bond donors (Lipinski definition) is 2. The summed E-state index contributed by atoms with van der Waals surface area (Å²) in [6.45, 7) is 1.19. The Labute approximate surface area is 108 Å². The Morgan fingerprint density at radius 2 is 2.33 bits per heavy atom. The van der Waals surface area contributed by atoms with Crippen LogP contribution in [0, 0.1) is 0 Å². The van der Waals surface area contributed by atoms with Crippen LogP contribution in [0.5, 0.6) is 0 Å². The molecule has 2 aromatic heterocycles. The van der Waals surface area contributed by atoms with Crippen LogP contribution in [0.3, 0.4) is 0 Å². The molecule has 0 aromatic carbocycles. The molecule has 0 aliphatic heterocycles. The predicted molar refractivity (Wildman–Crippen MR) is 66.9 cm³/mol. The highest BCUT2D eigenvalue weighted by molar-refractivity contribution is 6.29. The van der Waals surface area contributed by atoms with Gasteiger partial charge < -0.3 is 15.0 Å². The summed E-state index contributed by atoms with van der Waals surface area (Å²) in [4.78, 5) is 18.9. The molecule has 0 amide bonds. The van der Waals surface area contributed by atoms with Crippen molar-refractivity contribution < 1.29 is 9.90 Å². The van der Waals surface area contributed by atoms with Crippen LogP contribution in [-0.2, 0) is 6.54 Å². The molecule has 0 aliphatic rings. The maximum atomic E-state index is 11.0. The summed E-state index contributed by atoms with van der Waals surface area (Å²) in [5.41, 5.74) is 0.102. The molecule has 2 aromatic rings. The molecule has 2 N–H and O–H groups in total. The van der Waals surface area contributed by atoms with E-state index in [1.54, 1.807) is 12.5 Å². The molecule has 0 aliphatic carbocycles. The van der Waals surface area contributed by atoms with Crippen LogP contribution < -0.4 is 5.32 Å². The molecule has 0 unspecified atom stereocenters. The van der Waals surface area contributed by atoms with E-state index >= 15 is 0 Å². The molecule has 0 atom stereocenters. The Morgan fingerprint density at radius 3 is 3.00 bits per heavy atom. The first kappa shape index (κ1) is 12.4. The van der Waals surface area contributed by atoms with E-state index in [0.29, 0.717) is 13.1 Å². The SMILES string of the molecule is O=C(O)c1ccc(Cl)nc1NCCn1ccnc1. The number of pyridine rings is 1. The second kappa shape index (κ2) is 5.50. The van der Waals surface area contributed by atoms with E-state index in [1.165, 1.54) is 12.1 Å². The molecule has 2 rings (SSSR count). The Morgan fingerprint density at radius 1 is 1.50 bits per heavy atom. The largest absolute Gasteiger partial charge is 0.478 e. The van der Waals surface area contributed by atoms with Crippen molar-refractivity contribution >= 4 is 23.4 Å². The van der Waals surface area contributed by atoms with Gasteiger partial charge in [-0.2, -0.15) is 0 Å². The number of carbonyl (C=O) groups is 1. The third kappa shape index (κ3) is 2.98. The van der Waals surface area contributed by atoms with E-state index in [4.69, 9.17) is 16.7 Å². The Kier molecular flexibility index (Phi) is 3.78. The smallest absolute Gasteiger partial charge is 0.339 e. The zero-order chi connectivity index (χ0) is 13.0. The molecule has 0 bridgehead atoms. The quantitative estimate of drug-likeness (QED) is 0.806. The average molecular weight is 267 g/mol. The molecule has 0 saturated carbocycles. The van der Waals surface area contributed by atoms with Crippen LogP contribution in [0.4, 0.5) is 5.82 Å². The number of anilines is 1. The minimum Gasteiger partial charge on any atom is -0.478 e. The molecule has 2 heterocycles. The first-order valence-corrected chi connectivity index (χ1v) is 5.64. The van der Waals surface area contributed by atoms with Gasteiger partial charge in [-0.1, -0.05) is 11.6 Å². The van der Waals surface area contributed by atoms with Crippen LogP contribution in [0.25, 0.3) is 0 Å². The third-order valence-corrected chi connectivity index (χ3v) is 2.52. The second-order valence-electron chi connectivity index (χ2n) is 3.56. The lowest BCUT2D eigenvalue weighted by Crippen LogP contribution is -2.13. The van der Waals surface area contributed by atoms with Crippen LogP contribution in [0.1, 0.15) is 10.4 Å². The number of aromatic carboxylic acids is 1. The van der Waals surface area contributed by atoms with Crippen molar-refractivity contribution in [2.45, 2.75) is 6.54 Å². The molecule has 0 spiro atoms. The number of halogens is 1. The second-order valence-corrected chi connectivity index (χ2v) is 3.95. The summed E-state index contributed by atoms with van der Waals surface area (Å²) in [6, 6.07) is 2.88. The van der Waals surface area contributed by atoms with Gasteiger partial charge in [0.2, 0.25) is 0 Å². The number of carboxylic acids is 1. The zero-order valence-corrected chi connectivity index (χ0v) is 10.1. The molecule has 6 nitrogen and oxygen atoms in total. The standard InChI is InChI=1S/C11H11ClN4O2/c12-9-2-1-8(11(17)18)10(15-9)14-4-6-16-5-3-13-7-16/h1-3,5,7H,4,6H2,(H,14,15)(H,17,18). The fraction of sp³-hybridized carbons (Fsp3) is 0.182. The molecule has 94 valence electrons. The Balaban J connectivity index is 2.03. The van der Waals surface area contributed by atoms with Gasteiger partial charge in [0.1, 0.15) is 16.5 Å². The van der Waals surface area contributed by atoms with Crippen LogP contribution in [0.15, 0.2) is 30.9 Å². The fourth-order valence-corrected chi connectivity index (χ4v) is 1.61. The van der Waals surface area contributed by atoms with Crippen molar-refractivity contribution in [3.8, 4) is 0 Å². The average Bonchev–Trinajstić information content (AvgIpc) is 2.82. The number of carboxylic acid groups (broad SMARTS) is 1. The van der Waals surface area contributed by atoms with Gasteiger partial charge in [0.25, 0.3) is 0 Å². The van der Waals surface area contributed by atoms with Gasteiger partial charge in [0.05, 0.1) is 6.33 Å². The van der Waals surface area contributed by atoms with Gasteiger partial charge in [-0.3, -0.25) is 0 Å². The van der Waals surface area contributed by atoms with E-state index in [2.05, 4.69) is 15.3 Å². The Hall–Kier alpha value is -2.08. The lowest BCUT2D eigenvalue weighted by Gasteiger charge is -2.09. The maximum absolute atomic E-state index is 11.0. The highest BCUT2D eigenvalue weighted by Crippen LogP contribution is 2.16. The molecule has 0 saturated heterocycles. The van der Waals surface area contributed by atoms with Gasteiger partial charge in [-0.15, -0.1) is 0 Å². The molecular weight excluding hydrogens is 256 g/mol. The zero-order valence-electron chi connectivity index (χ0n) is 9.38. The van der Waals surface area contributed by atoms with Crippen LogP contribution in [0.2, 0.25) is 5.15 Å². The summed E-state index contributed by atoms with van der Waals surface area (Å²) < 4.78 is 1.87. The van der Waals surface area contributed by atoms with Crippen molar-refractivity contribution in [1.82, 2.24) is 14.5 Å². The van der Waals surface area contributed by atoms with Crippen molar-refractivity contribution in [3.05, 3.63) is 41.6 Å². The number of imidazole rings is 1. The molecule has 0 radical (unpaired) electrons. The lowest BCUT2D eigenvalue weighted by molar-refractivity contribution is 0.0697. The maximum Gasteiger partial charge on any atom is 0.339 e. The van der Waals surface area contributed by atoms with E-state index in [-0.39, 0.29) is 16.5 Å². The van der Waals surface area contributed by atoms with E-state index < -0.39 is 5.97 Å². The molecule has 7 heteroatoms. The lowest BCUT2D eigenvalue weighted by atomic mass is 10.2. The summed E-state index contributed by atoms with van der Waals surface area (Å²) >= 11 is 5.74. The first-order valence-electron chi connectivity index (χ1n) is 5.26. The summed E-state index contributed by atoms with van der Waals surface area (Å²) in [7, 11) is 0. The number of nitrogens with one attached hydrogen (secondary N) is 1. The molecule has 18 heavy (non-hydrogen) atoms. The highest BCUT2D eigenvalue weighted by atomic mass is 35.5. The van der Waals surface area contributed by atoms with E-state index in [9.17, 15) is 4.79 Å². The highest BCUT2D eigenvalue weighted by Gasteiger charge is 2.11. The van der Waals surface area contributed by atoms with Crippen LogP contribution >= 0.6 is 11.6 Å². The summed E-state index contributed by atoms with van der Waals surface area (Å²) in [5, 5.41) is 12.2. The summed E-state index contributed by atoms with van der Waals surface area (Å²) in [6.07, 6.45) is 5.19. The summed E-state index contributed by atoms with van der Waals surface area (Å²) in [5.74, 6) is -0.764. The topological polar surface area (TPSA) is 80.0 Å². The fourth-order valence-electron chi connectivity index (χ4n) is 1.47. The molecular formula is C11H11ClN4O2. The van der Waals surface area contributed by atoms with Crippen molar-refractivity contribution in [3.63, 3.8) is 0 Å². The number of aromatic nitrogens is 3. The number of rotatable bonds is 5. The van der Waals surface area contributed by atoms with Gasteiger partial charge >= 0.3 is 5.97 Å². The third-order valence-electron chi connectivity index (χ3n) is 2.31. The minimum absolute atomic E-state index is 0.102. The minimum atomic E-state index is -1.04. The van der Waals surface area contributed by atoms with E-state index in [0.717, 1.165) is 0 Å². The van der Waals surface area contributed by atoms with Gasteiger partial charge in [0.15, 0.2) is 0 Å². The van der Waals surface area contributed by atoms with Crippen molar-refractivity contribution in [1.29, 1.82) is 0 Å². The van der Waals surface area contributed by atoms with E-state index in [1.807, 2.05) is 10.8 Å². The van der Waals surface area contributed by atoms with Gasteiger partial charge in [0, 0.05) is 25.5 Å². The predicted octanol–water partition coefficient (Wildman–Crippen LogP) is 1.74.